The number of aromatic amines is 1. The van der Waals surface area contributed by atoms with E-state index in [9.17, 15) is 0 Å². The third kappa shape index (κ3) is 0.651. The summed E-state index contributed by atoms with van der Waals surface area (Å²) >= 11 is 0. The second-order valence-corrected chi connectivity index (χ2v) is 2.61. The molecule has 0 saturated heterocycles. The molecule has 5 heteroatoms. The SMILES string of the molecule is [B]1C=Nc2cc3[nH]cnc3nc21. The topological polar surface area (TPSA) is 53.9 Å². The van der Waals surface area contributed by atoms with Gasteiger partial charge in [-0.1, -0.05) is 0 Å². The van der Waals surface area contributed by atoms with E-state index in [4.69, 9.17) is 0 Å². The van der Waals surface area contributed by atoms with Crippen molar-refractivity contribution in [3.05, 3.63) is 12.4 Å². The Balaban J connectivity index is 2.43. The van der Waals surface area contributed by atoms with E-state index in [-0.39, 0.29) is 0 Å². The summed E-state index contributed by atoms with van der Waals surface area (Å²) in [7, 11) is 1.88. The highest BCUT2D eigenvalue weighted by atomic mass is 15.0. The summed E-state index contributed by atoms with van der Waals surface area (Å²) in [6.07, 6.45) is 3.38. The van der Waals surface area contributed by atoms with Crippen LogP contribution in [0.3, 0.4) is 0 Å². The van der Waals surface area contributed by atoms with Gasteiger partial charge >= 0.3 is 0 Å². The third-order valence-electron chi connectivity index (χ3n) is 1.86. The number of aliphatic imine (C=N–C) groups is 1. The van der Waals surface area contributed by atoms with Gasteiger partial charge in [0.15, 0.2) is 5.65 Å². The molecule has 0 saturated carbocycles. The normalized spacial score (nSPS) is 13.3. The van der Waals surface area contributed by atoms with Crippen molar-refractivity contribution in [1.82, 2.24) is 15.0 Å². The summed E-state index contributed by atoms with van der Waals surface area (Å²) in [5.74, 6) is 0. The molecule has 3 heterocycles. The van der Waals surface area contributed by atoms with Crippen LogP contribution in [0.2, 0.25) is 0 Å². The van der Waals surface area contributed by atoms with E-state index < -0.39 is 0 Å². The predicted octanol–water partition coefficient (Wildman–Crippen LogP) is -0.0392. The highest BCUT2D eigenvalue weighted by Gasteiger charge is 2.11. The van der Waals surface area contributed by atoms with Crippen LogP contribution < -0.4 is 5.59 Å². The van der Waals surface area contributed by atoms with E-state index in [1.54, 1.807) is 12.4 Å². The summed E-state index contributed by atoms with van der Waals surface area (Å²) in [6.45, 7) is 0. The van der Waals surface area contributed by atoms with E-state index in [2.05, 4.69) is 19.9 Å². The molecule has 0 aromatic carbocycles. The first-order valence-corrected chi connectivity index (χ1v) is 3.65. The minimum atomic E-state index is 0.746. The van der Waals surface area contributed by atoms with Crippen LogP contribution in [0.15, 0.2) is 17.4 Å². The van der Waals surface area contributed by atoms with Crippen molar-refractivity contribution < 1.29 is 0 Å². The number of nitrogens with one attached hydrogen (secondary N) is 1. The first kappa shape index (κ1) is 5.94. The number of aromatic nitrogens is 3. The number of fused-ring (bicyclic) bond motifs is 2. The van der Waals surface area contributed by atoms with Crippen LogP contribution in [0.1, 0.15) is 0 Å². The molecule has 0 bridgehead atoms. The van der Waals surface area contributed by atoms with Crippen molar-refractivity contribution in [2.45, 2.75) is 0 Å². The van der Waals surface area contributed by atoms with Gasteiger partial charge in [-0.15, -0.1) is 0 Å². The quantitative estimate of drug-likeness (QED) is 0.542. The Labute approximate surface area is 69.0 Å². The van der Waals surface area contributed by atoms with Gasteiger partial charge in [-0.2, -0.15) is 0 Å². The molecule has 1 radical (unpaired) electrons. The van der Waals surface area contributed by atoms with E-state index in [0.29, 0.717) is 0 Å². The maximum Gasteiger partial charge on any atom is 0.235 e. The van der Waals surface area contributed by atoms with Gasteiger partial charge < -0.3 is 4.98 Å². The molecule has 0 atom stereocenters. The number of rotatable bonds is 0. The lowest BCUT2D eigenvalue weighted by atomic mass is 9.77. The lowest BCUT2D eigenvalue weighted by Gasteiger charge is -1.94. The van der Waals surface area contributed by atoms with Gasteiger partial charge in [-0.25, -0.2) is 9.97 Å². The lowest BCUT2D eigenvalue weighted by molar-refractivity contribution is 1.32. The molecule has 1 aliphatic rings. The van der Waals surface area contributed by atoms with Crippen molar-refractivity contribution in [1.29, 1.82) is 0 Å². The fourth-order valence-electron chi connectivity index (χ4n) is 1.29. The van der Waals surface area contributed by atoms with Gasteiger partial charge in [0.1, 0.15) is 0 Å². The predicted molar refractivity (Wildman–Crippen MR) is 47.4 cm³/mol. The zero-order chi connectivity index (χ0) is 7.97. The Morgan fingerprint density at radius 1 is 1.42 bits per heavy atom. The molecule has 3 rings (SSSR count). The second-order valence-electron chi connectivity index (χ2n) is 2.61. The van der Waals surface area contributed by atoms with Crippen molar-refractivity contribution >= 4 is 35.8 Å². The Morgan fingerprint density at radius 2 is 2.42 bits per heavy atom. The summed E-state index contributed by atoms with van der Waals surface area (Å²) in [6, 6.07) is 1.95. The fraction of sp³-hybridized carbons (Fsp3) is 0. The Kier molecular flexibility index (Phi) is 0.959. The average molecular weight is 155 g/mol. The summed E-state index contributed by atoms with van der Waals surface area (Å²) in [4.78, 5) is 15.5. The molecule has 12 heavy (non-hydrogen) atoms. The minimum absolute atomic E-state index is 0.746. The number of pyridine rings is 1. The molecule has 0 spiro atoms. The van der Waals surface area contributed by atoms with Crippen molar-refractivity contribution in [3.8, 4) is 0 Å². The van der Waals surface area contributed by atoms with Gasteiger partial charge in [0.2, 0.25) is 7.28 Å². The van der Waals surface area contributed by atoms with Gasteiger partial charge in [-0.05, 0) is 12.2 Å². The second kappa shape index (κ2) is 1.94. The lowest BCUT2D eigenvalue weighted by Crippen LogP contribution is -2.15. The molecular weight excluding hydrogens is 151 g/mol. The van der Waals surface area contributed by atoms with Crippen LogP contribution in [-0.2, 0) is 0 Å². The van der Waals surface area contributed by atoms with Crippen LogP contribution in [-0.4, -0.2) is 28.3 Å². The van der Waals surface area contributed by atoms with E-state index in [1.807, 2.05) is 13.3 Å². The van der Waals surface area contributed by atoms with Crippen molar-refractivity contribution in [2.24, 2.45) is 4.99 Å². The molecule has 1 aliphatic heterocycles. The maximum absolute atomic E-state index is 4.29. The third-order valence-corrected chi connectivity index (χ3v) is 1.86. The molecule has 0 fully saturated rings. The average Bonchev–Trinajstić information content (AvgIpc) is 2.64. The zero-order valence-corrected chi connectivity index (χ0v) is 6.15. The number of H-pyrrole nitrogens is 1. The summed E-state index contributed by atoms with van der Waals surface area (Å²) in [5.41, 5.74) is 3.48. The van der Waals surface area contributed by atoms with E-state index >= 15 is 0 Å². The number of hydrogen-bond donors (Lipinski definition) is 1. The molecule has 0 unspecified atom stereocenters. The van der Waals surface area contributed by atoms with Crippen molar-refractivity contribution in [3.63, 3.8) is 0 Å². The highest BCUT2D eigenvalue weighted by Crippen LogP contribution is 2.15. The van der Waals surface area contributed by atoms with E-state index in [1.165, 1.54) is 0 Å². The van der Waals surface area contributed by atoms with Crippen LogP contribution in [0.25, 0.3) is 11.2 Å². The maximum atomic E-state index is 4.29. The first-order valence-electron chi connectivity index (χ1n) is 3.65. The Morgan fingerprint density at radius 3 is 3.42 bits per heavy atom. The molecule has 55 valence electrons. The van der Waals surface area contributed by atoms with Crippen LogP contribution in [0.5, 0.6) is 0 Å². The monoisotopic (exact) mass is 155 g/mol. The Bertz CT molecular complexity index is 473. The Hall–Kier alpha value is -1.65. The first-order chi connectivity index (χ1) is 5.93. The van der Waals surface area contributed by atoms with Gasteiger partial charge in [0, 0.05) is 5.59 Å². The molecule has 4 nitrogen and oxygen atoms in total. The van der Waals surface area contributed by atoms with E-state index in [0.717, 1.165) is 22.4 Å². The zero-order valence-electron chi connectivity index (χ0n) is 6.15. The van der Waals surface area contributed by atoms with Crippen LogP contribution >= 0.6 is 0 Å². The molecule has 0 aliphatic carbocycles. The van der Waals surface area contributed by atoms with Gasteiger partial charge in [0.25, 0.3) is 0 Å². The van der Waals surface area contributed by atoms with Gasteiger partial charge in [0.05, 0.1) is 17.5 Å². The molecule has 0 amide bonds. The molecule has 1 N–H and O–H groups in total. The fourth-order valence-corrected chi connectivity index (χ4v) is 1.29. The minimum Gasteiger partial charge on any atom is -0.343 e. The van der Waals surface area contributed by atoms with Crippen LogP contribution in [0.4, 0.5) is 5.69 Å². The standard InChI is InChI=1S/C7H4BN4/c1-4-6(8-2-9-4)12-7-5(1)10-3-11-7/h1-3H,(H,10,11,12). The smallest absolute Gasteiger partial charge is 0.235 e. The van der Waals surface area contributed by atoms with Crippen LogP contribution in [0, 0.1) is 0 Å². The highest BCUT2D eigenvalue weighted by molar-refractivity contribution is 6.81. The number of hydrogen-bond acceptors (Lipinski definition) is 3. The number of imidazole rings is 1. The number of nitrogens with zero attached hydrogens (tertiary/aromatic N) is 3. The van der Waals surface area contributed by atoms with Gasteiger partial charge in [-0.3, -0.25) is 4.99 Å². The largest absolute Gasteiger partial charge is 0.343 e. The molecular formula is C7H4BN4. The summed E-state index contributed by atoms with van der Waals surface area (Å²) in [5, 5.41) is 0. The van der Waals surface area contributed by atoms with Crippen molar-refractivity contribution in [2.75, 3.05) is 0 Å². The molecule has 2 aromatic heterocycles. The molecule has 2 aromatic rings. The summed E-state index contributed by atoms with van der Waals surface area (Å²) < 4.78 is 0.